The molecule has 0 N–H and O–H groups in total. The van der Waals surface area contributed by atoms with Gasteiger partial charge in [-0.2, -0.15) is 0 Å². The maximum atomic E-state index is 12.1. The molecule has 0 amide bonds. The van der Waals surface area contributed by atoms with E-state index in [9.17, 15) is 18.0 Å². The summed E-state index contributed by atoms with van der Waals surface area (Å²) >= 11 is 7.10. The van der Waals surface area contributed by atoms with Gasteiger partial charge in [0.2, 0.25) is 5.88 Å². The van der Waals surface area contributed by atoms with Crippen LogP contribution >= 0.6 is 34.2 Å². The molecule has 0 aromatic carbocycles. The molecular weight excluding hydrogens is 389 g/mol. The molecule has 0 bridgehead atoms. The Balaban J connectivity index is 3.30. The van der Waals surface area contributed by atoms with Crippen molar-refractivity contribution in [3.05, 3.63) is 20.9 Å². The topological polar surface area (TPSA) is 48.4 Å². The Hall–Kier alpha value is -0.770. The number of hydrogen-bond acceptors (Lipinski definition) is 4. The molecule has 0 saturated heterocycles. The van der Waals surface area contributed by atoms with Gasteiger partial charge in [-0.05, 0) is 22.6 Å². The van der Waals surface area contributed by atoms with Crippen molar-refractivity contribution in [2.75, 3.05) is 7.11 Å². The van der Waals surface area contributed by atoms with Gasteiger partial charge < -0.3 is 9.47 Å². The van der Waals surface area contributed by atoms with E-state index in [1.165, 1.54) is 22.6 Å². The van der Waals surface area contributed by atoms with E-state index in [1.807, 2.05) is 0 Å². The number of rotatable bonds is 3. The van der Waals surface area contributed by atoms with Gasteiger partial charge in [0.15, 0.2) is 0 Å². The number of methoxy groups -OCH3 is 1. The predicted octanol–water partition coefficient (Wildman–Crippen LogP) is 3.11. The minimum absolute atomic E-state index is 0.0812. The summed E-state index contributed by atoms with van der Waals surface area (Å²) in [6.45, 7) is 0. The average molecular weight is 396 g/mol. The number of nitrogens with zero attached hydrogens (tertiary/aromatic N) is 1. The van der Waals surface area contributed by atoms with Gasteiger partial charge in [-0.3, -0.25) is 0 Å². The Morgan fingerprint density at radius 2 is 2.17 bits per heavy atom. The zero-order valence-corrected chi connectivity index (χ0v) is 11.8. The Bertz CT molecular complexity index is 467. The highest BCUT2D eigenvalue weighted by molar-refractivity contribution is 14.1. The van der Waals surface area contributed by atoms with Crippen LogP contribution in [0.15, 0.2) is 6.20 Å². The first-order chi connectivity index (χ1) is 8.30. The number of pyridine rings is 1. The van der Waals surface area contributed by atoms with Crippen molar-refractivity contribution in [1.82, 2.24) is 4.98 Å². The third-order valence-electron chi connectivity index (χ3n) is 1.81. The highest BCUT2D eigenvalue weighted by atomic mass is 127. The van der Waals surface area contributed by atoms with E-state index in [-0.39, 0.29) is 20.6 Å². The number of carbonyl (C=O) groups is 1. The SMILES string of the molecule is COC(=O)c1c(CCl)cnc(OC(F)(F)F)c1I. The molecule has 18 heavy (non-hydrogen) atoms. The lowest BCUT2D eigenvalue weighted by Crippen LogP contribution is -2.20. The maximum Gasteiger partial charge on any atom is 0.574 e. The van der Waals surface area contributed by atoms with Crippen LogP contribution in [-0.2, 0) is 10.6 Å². The highest BCUT2D eigenvalue weighted by Gasteiger charge is 2.34. The number of alkyl halides is 4. The normalized spacial score (nSPS) is 11.2. The van der Waals surface area contributed by atoms with E-state index in [4.69, 9.17) is 11.6 Å². The molecule has 0 unspecified atom stereocenters. The smallest absolute Gasteiger partial charge is 0.465 e. The summed E-state index contributed by atoms with van der Waals surface area (Å²) in [5.74, 6) is -1.60. The second-order valence-corrected chi connectivity index (χ2v) is 4.30. The molecule has 9 heteroatoms. The molecule has 0 spiro atoms. The van der Waals surface area contributed by atoms with Crippen molar-refractivity contribution in [2.24, 2.45) is 0 Å². The summed E-state index contributed by atoms with van der Waals surface area (Å²) < 4.78 is 44.4. The van der Waals surface area contributed by atoms with Gasteiger partial charge in [0.1, 0.15) is 0 Å². The number of aromatic nitrogens is 1. The zero-order valence-electron chi connectivity index (χ0n) is 8.85. The molecule has 0 fully saturated rings. The molecule has 1 aromatic heterocycles. The Kier molecular flexibility index (Phi) is 5.02. The molecule has 0 aliphatic rings. The summed E-state index contributed by atoms with van der Waals surface area (Å²) in [5, 5.41) is 0. The van der Waals surface area contributed by atoms with E-state index in [2.05, 4.69) is 14.5 Å². The average Bonchev–Trinajstić information content (AvgIpc) is 2.29. The van der Waals surface area contributed by atoms with Crippen molar-refractivity contribution < 1.29 is 27.4 Å². The number of carbonyl (C=O) groups excluding carboxylic acids is 1. The van der Waals surface area contributed by atoms with Crippen molar-refractivity contribution in [3.63, 3.8) is 0 Å². The monoisotopic (exact) mass is 395 g/mol. The number of esters is 1. The van der Waals surface area contributed by atoms with Gasteiger partial charge in [0.25, 0.3) is 0 Å². The van der Waals surface area contributed by atoms with E-state index in [1.54, 1.807) is 0 Å². The molecular formula is C9H6ClF3INO3. The fraction of sp³-hybridized carbons (Fsp3) is 0.333. The summed E-state index contributed by atoms with van der Waals surface area (Å²) in [4.78, 5) is 15.0. The fourth-order valence-electron chi connectivity index (χ4n) is 1.11. The predicted molar refractivity (Wildman–Crippen MR) is 64.5 cm³/mol. The van der Waals surface area contributed by atoms with Gasteiger partial charge in [0, 0.05) is 17.6 Å². The van der Waals surface area contributed by atoms with Gasteiger partial charge in [-0.25, -0.2) is 9.78 Å². The van der Waals surface area contributed by atoms with Crippen LogP contribution in [0.1, 0.15) is 15.9 Å². The van der Waals surface area contributed by atoms with Crippen molar-refractivity contribution in [1.29, 1.82) is 0 Å². The van der Waals surface area contributed by atoms with Crippen LogP contribution in [0.2, 0.25) is 0 Å². The van der Waals surface area contributed by atoms with Crippen LogP contribution in [0.4, 0.5) is 13.2 Å². The first-order valence-corrected chi connectivity index (χ1v) is 5.99. The van der Waals surface area contributed by atoms with Crippen LogP contribution in [0.5, 0.6) is 5.88 Å². The second-order valence-electron chi connectivity index (χ2n) is 2.95. The molecule has 1 aromatic rings. The van der Waals surface area contributed by atoms with Crippen LogP contribution in [0.3, 0.4) is 0 Å². The van der Waals surface area contributed by atoms with Crippen LogP contribution in [0.25, 0.3) is 0 Å². The van der Waals surface area contributed by atoms with Gasteiger partial charge in [0.05, 0.1) is 16.2 Å². The molecule has 1 heterocycles. The highest BCUT2D eigenvalue weighted by Crippen LogP contribution is 2.30. The van der Waals surface area contributed by atoms with Gasteiger partial charge in [-0.1, -0.05) is 0 Å². The molecule has 0 saturated carbocycles. The van der Waals surface area contributed by atoms with E-state index >= 15 is 0 Å². The lowest BCUT2D eigenvalue weighted by Gasteiger charge is -2.13. The Morgan fingerprint density at radius 1 is 1.56 bits per heavy atom. The zero-order chi connectivity index (χ0) is 13.9. The molecule has 0 aliphatic heterocycles. The summed E-state index contributed by atoms with van der Waals surface area (Å²) in [5.41, 5.74) is 0.185. The van der Waals surface area contributed by atoms with E-state index < -0.39 is 18.2 Å². The van der Waals surface area contributed by atoms with Crippen molar-refractivity contribution in [3.8, 4) is 5.88 Å². The minimum Gasteiger partial charge on any atom is -0.465 e. The molecule has 0 atom stereocenters. The largest absolute Gasteiger partial charge is 0.574 e. The van der Waals surface area contributed by atoms with E-state index in [0.717, 1.165) is 13.3 Å². The van der Waals surface area contributed by atoms with Crippen LogP contribution < -0.4 is 4.74 Å². The third kappa shape index (κ3) is 3.61. The number of halogens is 5. The minimum atomic E-state index is -4.89. The Labute approximate surface area is 119 Å². The quantitative estimate of drug-likeness (QED) is 0.448. The van der Waals surface area contributed by atoms with E-state index in [0.29, 0.717) is 0 Å². The first-order valence-electron chi connectivity index (χ1n) is 4.37. The molecule has 0 radical (unpaired) electrons. The van der Waals surface area contributed by atoms with Crippen LogP contribution in [-0.4, -0.2) is 24.4 Å². The molecule has 1 rings (SSSR count). The number of hydrogen-bond donors (Lipinski definition) is 0. The third-order valence-corrected chi connectivity index (χ3v) is 3.10. The summed E-state index contributed by atoms with van der Waals surface area (Å²) in [6.07, 6.45) is -3.84. The molecule has 100 valence electrons. The number of ether oxygens (including phenoxy) is 2. The van der Waals surface area contributed by atoms with Gasteiger partial charge >= 0.3 is 12.3 Å². The lowest BCUT2D eigenvalue weighted by molar-refractivity contribution is -0.276. The fourth-order valence-corrected chi connectivity index (χ4v) is 2.13. The van der Waals surface area contributed by atoms with Crippen LogP contribution in [0, 0.1) is 3.57 Å². The first kappa shape index (κ1) is 15.3. The summed E-state index contributed by atoms with van der Waals surface area (Å²) in [7, 11) is 1.11. The molecule has 4 nitrogen and oxygen atoms in total. The molecule has 0 aliphatic carbocycles. The lowest BCUT2D eigenvalue weighted by atomic mass is 10.1. The maximum absolute atomic E-state index is 12.1. The van der Waals surface area contributed by atoms with Gasteiger partial charge in [-0.15, -0.1) is 24.8 Å². The second kappa shape index (κ2) is 5.91. The summed E-state index contributed by atoms with van der Waals surface area (Å²) in [6, 6.07) is 0. The van der Waals surface area contributed by atoms with Crippen molar-refractivity contribution >= 4 is 40.2 Å². The standard InChI is InChI=1S/C9H6ClF3INO3/c1-17-8(16)5-4(2-10)3-15-7(6(5)14)18-9(11,12)13/h3H,2H2,1H3. The Morgan fingerprint density at radius 3 is 2.61 bits per heavy atom. The van der Waals surface area contributed by atoms with Crippen molar-refractivity contribution in [2.45, 2.75) is 12.2 Å².